The van der Waals surface area contributed by atoms with E-state index in [1.54, 1.807) is 0 Å². The topological polar surface area (TPSA) is 0 Å². The minimum atomic E-state index is 0.923. The van der Waals surface area contributed by atoms with Crippen molar-refractivity contribution in [1.29, 1.82) is 0 Å². The zero-order valence-electron chi connectivity index (χ0n) is 14.9. The van der Waals surface area contributed by atoms with Gasteiger partial charge in [0.25, 0.3) is 0 Å². The molecule has 0 aromatic heterocycles. The van der Waals surface area contributed by atoms with Crippen LogP contribution in [0.2, 0.25) is 0 Å². The van der Waals surface area contributed by atoms with Gasteiger partial charge in [-0.2, -0.15) is 0 Å². The highest BCUT2D eigenvalue weighted by Gasteiger charge is 2.26. The van der Waals surface area contributed by atoms with Crippen molar-refractivity contribution in [1.82, 2.24) is 0 Å². The second kappa shape index (κ2) is 8.30. The molecular formula is C24H18S3. The van der Waals surface area contributed by atoms with E-state index in [1.807, 2.05) is 41.7 Å². The molecule has 1 aliphatic heterocycles. The molecule has 0 atom stereocenters. The number of hydrogen-bond acceptors (Lipinski definition) is 3. The molecule has 3 aromatic rings. The minimum absolute atomic E-state index is 0.923. The SMILES string of the molecule is CC(C(=S)c1ccccc1)=C1SC(c2ccccc2)=C(c2ccccc2)S1. The van der Waals surface area contributed by atoms with Gasteiger partial charge in [0.1, 0.15) is 0 Å². The van der Waals surface area contributed by atoms with Crippen molar-refractivity contribution in [3.63, 3.8) is 0 Å². The first-order chi connectivity index (χ1) is 13.2. The van der Waals surface area contributed by atoms with E-state index in [2.05, 4.69) is 79.7 Å². The van der Waals surface area contributed by atoms with Gasteiger partial charge in [0.2, 0.25) is 0 Å². The summed E-state index contributed by atoms with van der Waals surface area (Å²) in [5.41, 5.74) is 4.78. The third-order valence-electron chi connectivity index (χ3n) is 4.35. The molecule has 132 valence electrons. The maximum Gasteiger partial charge on any atom is 0.0543 e. The molecule has 0 N–H and O–H groups in total. The molecule has 0 fully saturated rings. The van der Waals surface area contributed by atoms with Crippen LogP contribution in [0, 0.1) is 0 Å². The molecule has 0 bridgehead atoms. The first-order valence-corrected chi connectivity index (χ1v) is 10.8. The maximum absolute atomic E-state index is 5.79. The molecule has 0 spiro atoms. The van der Waals surface area contributed by atoms with Crippen LogP contribution in [0.25, 0.3) is 9.81 Å². The molecule has 4 rings (SSSR count). The fourth-order valence-electron chi connectivity index (χ4n) is 2.91. The fourth-order valence-corrected chi connectivity index (χ4v) is 6.00. The van der Waals surface area contributed by atoms with E-state index in [4.69, 9.17) is 12.2 Å². The molecule has 0 amide bonds. The Morgan fingerprint density at radius 1 is 0.630 bits per heavy atom. The number of thioether (sulfide) groups is 2. The van der Waals surface area contributed by atoms with Crippen molar-refractivity contribution in [3.8, 4) is 0 Å². The summed E-state index contributed by atoms with van der Waals surface area (Å²) >= 11 is 9.45. The fraction of sp³-hybridized carbons (Fsp3) is 0.0417. The van der Waals surface area contributed by atoms with Crippen molar-refractivity contribution in [3.05, 3.63) is 117 Å². The third kappa shape index (κ3) is 3.96. The Hall–Kier alpha value is -2.07. The molecule has 0 radical (unpaired) electrons. The van der Waals surface area contributed by atoms with Crippen LogP contribution in [0.4, 0.5) is 0 Å². The molecule has 0 nitrogen and oxygen atoms in total. The predicted octanol–water partition coefficient (Wildman–Crippen LogP) is 7.64. The molecule has 0 saturated carbocycles. The lowest BCUT2D eigenvalue weighted by Gasteiger charge is -2.08. The monoisotopic (exact) mass is 402 g/mol. The minimum Gasteiger partial charge on any atom is -0.0805 e. The summed E-state index contributed by atoms with van der Waals surface area (Å²) in [6.07, 6.45) is 0. The average molecular weight is 403 g/mol. The molecular weight excluding hydrogens is 384 g/mol. The first kappa shape index (κ1) is 18.3. The van der Waals surface area contributed by atoms with Gasteiger partial charge in [-0.1, -0.05) is 127 Å². The summed E-state index contributed by atoms with van der Waals surface area (Å²) in [4.78, 5) is 3.53. The van der Waals surface area contributed by atoms with Gasteiger partial charge in [-0.3, -0.25) is 0 Å². The predicted molar refractivity (Wildman–Crippen MR) is 126 cm³/mol. The van der Waals surface area contributed by atoms with Crippen LogP contribution in [0.3, 0.4) is 0 Å². The van der Waals surface area contributed by atoms with Crippen LogP contribution >= 0.6 is 35.7 Å². The van der Waals surface area contributed by atoms with Crippen LogP contribution in [-0.4, -0.2) is 4.86 Å². The van der Waals surface area contributed by atoms with Crippen LogP contribution in [0.1, 0.15) is 23.6 Å². The standard InChI is InChI=1S/C24H18S3/c1-17(21(25)18-11-5-2-6-12-18)24-26-22(19-13-7-3-8-14-19)23(27-24)20-15-9-4-10-16-20/h2-16H,1H3. The van der Waals surface area contributed by atoms with E-state index in [9.17, 15) is 0 Å². The second-order valence-electron chi connectivity index (χ2n) is 6.20. The Bertz CT molecular complexity index is 963. The number of allylic oxidation sites excluding steroid dienone is 1. The largest absolute Gasteiger partial charge is 0.0805 e. The average Bonchev–Trinajstić information content (AvgIpc) is 3.20. The summed E-state index contributed by atoms with van der Waals surface area (Å²) in [7, 11) is 0. The maximum atomic E-state index is 5.79. The van der Waals surface area contributed by atoms with Gasteiger partial charge in [0.15, 0.2) is 0 Å². The smallest absolute Gasteiger partial charge is 0.0543 e. The summed E-state index contributed by atoms with van der Waals surface area (Å²) in [5, 5.41) is 0. The highest BCUT2D eigenvalue weighted by atomic mass is 32.2. The van der Waals surface area contributed by atoms with E-state index in [-0.39, 0.29) is 0 Å². The molecule has 1 heterocycles. The van der Waals surface area contributed by atoms with Gasteiger partial charge < -0.3 is 0 Å². The van der Waals surface area contributed by atoms with Gasteiger partial charge in [0.05, 0.1) is 4.24 Å². The van der Waals surface area contributed by atoms with Gasteiger partial charge in [-0.15, -0.1) is 0 Å². The van der Waals surface area contributed by atoms with E-state index >= 15 is 0 Å². The number of hydrogen-bond donors (Lipinski definition) is 0. The lowest BCUT2D eigenvalue weighted by atomic mass is 10.1. The van der Waals surface area contributed by atoms with Crippen molar-refractivity contribution in [2.24, 2.45) is 0 Å². The van der Waals surface area contributed by atoms with Gasteiger partial charge >= 0.3 is 0 Å². The van der Waals surface area contributed by atoms with E-state index in [1.165, 1.54) is 30.7 Å². The summed E-state index contributed by atoms with van der Waals surface area (Å²) < 4.78 is 1.27. The van der Waals surface area contributed by atoms with E-state index < -0.39 is 0 Å². The third-order valence-corrected chi connectivity index (χ3v) is 7.79. The number of thiocarbonyl (C=S) groups is 1. The summed E-state index contributed by atoms with van der Waals surface area (Å²) in [6, 6.07) is 31.5. The van der Waals surface area contributed by atoms with Crippen molar-refractivity contribution < 1.29 is 0 Å². The highest BCUT2D eigenvalue weighted by molar-refractivity contribution is 8.34. The second-order valence-corrected chi connectivity index (χ2v) is 8.91. The Morgan fingerprint density at radius 2 is 1.04 bits per heavy atom. The van der Waals surface area contributed by atoms with Crippen LogP contribution in [0.15, 0.2) is 101 Å². The van der Waals surface area contributed by atoms with Gasteiger partial charge in [0, 0.05) is 14.7 Å². The van der Waals surface area contributed by atoms with Crippen molar-refractivity contribution in [2.75, 3.05) is 0 Å². The van der Waals surface area contributed by atoms with Gasteiger partial charge in [-0.05, 0) is 29.2 Å². The Balaban J connectivity index is 1.75. The van der Waals surface area contributed by atoms with Gasteiger partial charge in [-0.25, -0.2) is 0 Å². The highest BCUT2D eigenvalue weighted by Crippen LogP contribution is 2.58. The van der Waals surface area contributed by atoms with Crippen LogP contribution < -0.4 is 0 Å². The molecule has 0 unspecified atom stereocenters. The molecule has 3 heteroatoms. The normalized spacial score (nSPS) is 13.7. The quantitative estimate of drug-likeness (QED) is 0.250. The van der Waals surface area contributed by atoms with Crippen LogP contribution in [0.5, 0.6) is 0 Å². The Labute approximate surface area is 174 Å². The molecule has 0 saturated heterocycles. The zero-order valence-corrected chi connectivity index (χ0v) is 17.3. The first-order valence-electron chi connectivity index (χ1n) is 8.75. The Morgan fingerprint density at radius 3 is 1.48 bits per heavy atom. The molecule has 0 aliphatic carbocycles. The molecule has 27 heavy (non-hydrogen) atoms. The lowest BCUT2D eigenvalue weighted by molar-refractivity contribution is 1.59. The van der Waals surface area contributed by atoms with E-state index in [0.29, 0.717) is 0 Å². The Kier molecular flexibility index (Phi) is 5.63. The number of rotatable bonds is 4. The molecule has 3 aromatic carbocycles. The summed E-state index contributed by atoms with van der Waals surface area (Å²) in [6.45, 7) is 2.14. The molecule has 1 aliphatic rings. The van der Waals surface area contributed by atoms with Crippen LogP contribution in [-0.2, 0) is 0 Å². The van der Waals surface area contributed by atoms with Crippen molar-refractivity contribution in [2.45, 2.75) is 6.92 Å². The lowest BCUT2D eigenvalue weighted by Crippen LogP contribution is -1.99. The van der Waals surface area contributed by atoms with Crippen molar-refractivity contribution >= 4 is 50.4 Å². The van der Waals surface area contributed by atoms with E-state index in [0.717, 1.165) is 10.4 Å². The zero-order chi connectivity index (χ0) is 18.6. The summed E-state index contributed by atoms with van der Waals surface area (Å²) in [5.74, 6) is 0. The number of benzene rings is 3.